The third kappa shape index (κ3) is 2.64. The Labute approximate surface area is 163 Å². The van der Waals surface area contributed by atoms with Crippen molar-refractivity contribution in [1.29, 1.82) is 0 Å². The molecule has 0 atom stereocenters. The predicted octanol–water partition coefficient (Wildman–Crippen LogP) is 3.89. The highest BCUT2D eigenvalue weighted by Crippen LogP contribution is 2.36. The maximum absolute atomic E-state index is 13.0. The van der Waals surface area contributed by atoms with E-state index in [1.807, 2.05) is 47.0 Å². The largest absolute Gasteiger partial charge is 0.330 e. The van der Waals surface area contributed by atoms with E-state index in [1.165, 1.54) is 16.5 Å². The van der Waals surface area contributed by atoms with Crippen LogP contribution in [0.25, 0.3) is 33.1 Å². The van der Waals surface area contributed by atoms with E-state index in [9.17, 15) is 4.79 Å². The van der Waals surface area contributed by atoms with Crippen LogP contribution in [0.4, 0.5) is 0 Å². The van der Waals surface area contributed by atoms with Gasteiger partial charge in [0.1, 0.15) is 0 Å². The molecule has 3 heterocycles. The maximum atomic E-state index is 13.0. The fourth-order valence-electron chi connectivity index (χ4n) is 4.08. The van der Waals surface area contributed by atoms with Gasteiger partial charge in [0.05, 0.1) is 23.4 Å². The average Bonchev–Trinajstić information content (AvgIpc) is 3.04. The summed E-state index contributed by atoms with van der Waals surface area (Å²) in [4.78, 5) is 17.9. The fourth-order valence-corrected chi connectivity index (χ4v) is 4.08. The first-order chi connectivity index (χ1) is 12.8. The van der Waals surface area contributed by atoms with Crippen LogP contribution in [0, 0.1) is 0 Å². The van der Waals surface area contributed by atoms with Crippen molar-refractivity contribution in [3.63, 3.8) is 0 Å². The van der Waals surface area contributed by atoms with Crippen molar-refractivity contribution in [2.45, 2.75) is 19.4 Å². The molecule has 5 rings (SSSR count). The first kappa shape index (κ1) is 17.7. The Morgan fingerprint density at radius 2 is 1.78 bits per heavy atom. The van der Waals surface area contributed by atoms with Gasteiger partial charge in [-0.3, -0.25) is 4.79 Å². The third-order valence-electron chi connectivity index (χ3n) is 5.32. The van der Waals surface area contributed by atoms with Crippen LogP contribution < -0.4 is 11.3 Å². The van der Waals surface area contributed by atoms with Gasteiger partial charge in [-0.1, -0.05) is 36.4 Å². The molecule has 2 aromatic carbocycles. The molecule has 136 valence electrons. The smallest absolute Gasteiger partial charge is 0.259 e. The number of halogens is 1. The van der Waals surface area contributed by atoms with Gasteiger partial charge >= 0.3 is 0 Å². The summed E-state index contributed by atoms with van der Waals surface area (Å²) >= 11 is 0. The number of para-hydroxylation sites is 1. The Hall–Kier alpha value is -2.69. The number of hydrogen-bond acceptors (Lipinski definition) is 3. The highest BCUT2D eigenvalue weighted by atomic mass is 35.5. The summed E-state index contributed by atoms with van der Waals surface area (Å²) in [6.45, 7) is 1.24. The topological polar surface area (TPSA) is 60.9 Å². The van der Waals surface area contributed by atoms with Crippen LogP contribution in [0.3, 0.4) is 0 Å². The zero-order valence-electron chi connectivity index (χ0n) is 14.8. The summed E-state index contributed by atoms with van der Waals surface area (Å²) in [5, 5.41) is 2.90. The van der Waals surface area contributed by atoms with Crippen LogP contribution in [0.15, 0.2) is 59.4 Å². The highest BCUT2D eigenvalue weighted by Gasteiger charge is 2.26. The van der Waals surface area contributed by atoms with Gasteiger partial charge < -0.3 is 10.3 Å². The molecule has 2 N–H and O–H groups in total. The lowest BCUT2D eigenvalue weighted by atomic mass is 9.97. The number of hydrogen-bond donors (Lipinski definition) is 1. The second kappa shape index (κ2) is 6.80. The Kier molecular flexibility index (Phi) is 4.46. The average molecular weight is 378 g/mol. The van der Waals surface area contributed by atoms with Gasteiger partial charge in [-0.25, -0.2) is 4.98 Å². The number of nitrogens with two attached hydrogens (primary N) is 1. The standard InChI is InChI=1S/C22H19N3O.ClH/c23-11-5-9-16-17-8-3-4-10-19(17)24-21-18(16)13-25-20(21)12-14-6-1-2-7-15(14)22(25)26;/h1-4,6-8,10,12H,5,9,11,13,23H2;1H. The van der Waals surface area contributed by atoms with Crippen molar-refractivity contribution in [2.24, 2.45) is 5.73 Å². The van der Waals surface area contributed by atoms with E-state index in [2.05, 4.69) is 12.1 Å². The number of aryl methyl sites for hydroxylation is 1. The van der Waals surface area contributed by atoms with Gasteiger partial charge in [-0.15, -0.1) is 12.4 Å². The Morgan fingerprint density at radius 1 is 1.04 bits per heavy atom. The highest BCUT2D eigenvalue weighted by molar-refractivity contribution is 5.91. The van der Waals surface area contributed by atoms with Crippen LogP contribution in [0.5, 0.6) is 0 Å². The van der Waals surface area contributed by atoms with E-state index in [0.29, 0.717) is 13.1 Å². The molecule has 1 aliphatic rings. The first-order valence-electron chi connectivity index (χ1n) is 9.01. The van der Waals surface area contributed by atoms with Gasteiger partial charge in [-0.2, -0.15) is 0 Å². The molecular weight excluding hydrogens is 358 g/mol. The van der Waals surface area contributed by atoms with Gasteiger partial charge in [0.2, 0.25) is 0 Å². The summed E-state index contributed by atoms with van der Waals surface area (Å²) in [6, 6.07) is 18.1. The van der Waals surface area contributed by atoms with Crippen molar-refractivity contribution in [1.82, 2.24) is 9.55 Å². The molecule has 5 heteroatoms. The van der Waals surface area contributed by atoms with Gasteiger partial charge in [-0.05, 0) is 48.5 Å². The maximum Gasteiger partial charge on any atom is 0.259 e. The Morgan fingerprint density at radius 3 is 2.59 bits per heavy atom. The SMILES string of the molecule is Cl.NCCCc1c2c(nc3ccccc13)-c1cc3ccccc3c(=O)n1C2. The lowest BCUT2D eigenvalue weighted by Gasteiger charge is -2.11. The molecule has 4 nitrogen and oxygen atoms in total. The fraction of sp³-hybridized carbons (Fsp3) is 0.182. The predicted molar refractivity (Wildman–Crippen MR) is 113 cm³/mol. The van der Waals surface area contributed by atoms with Crippen molar-refractivity contribution in [3.05, 3.63) is 76.1 Å². The summed E-state index contributed by atoms with van der Waals surface area (Å²) < 4.78 is 1.87. The number of benzene rings is 2. The molecular formula is C22H20ClN3O. The number of fused-ring (bicyclic) bond motifs is 5. The third-order valence-corrected chi connectivity index (χ3v) is 5.32. The van der Waals surface area contributed by atoms with Crippen molar-refractivity contribution < 1.29 is 0 Å². The van der Waals surface area contributed by atoms with Crippen LogP contribution >= 0.6 is 12.4 Å². The van der Waals surface area contributed by atoms with Crippen molar-refractivity contribution in [3.8, 4) is 11.4 Å². The summed E-state index contributed by atoms with van der Waals surface area (Å²) in [5.41, 5.74) is 11.1. The van der Waals surface area contributed by atoms with Crippen molar-refractivity contribution in [2.75, 3.05) is 6.54 Å². The minimum atomic E-state index is 0. The molecule has 0 fully saturated rings. The van der Waals surface area contributed by atoms with E-state index >= 15 is 0 Å². The second-order valence-corrected chi connectivity index (χ2v) is 6.84. The Balaban J connectivity index is 0.00000180. The molecule has 0 aliphatic carbocycles. The first-order valence-corrected chi connectivity index (χ1v) is 9.01. The Bertz CT molecular complexity index is 1230. The molecule has 0 radical (unpaired) electrons. The lowest BCUT2D eigenvalue weighted by molar-refractivity contribution is 0.786. The molecule has 0 amide bonds. The molecule has 0 unspecified atom stereocenters. The summed E-state index contributed by atoms with van der Waals surface area (Å²) in [5.74, 6) is 0. The van der Waals surface area contributed by atoms with Crippen molar-refractivity contribution >= 4 is 34.1 Å². The minimum Gasteiger partial charge on any atom is -0.330 e. The number of rotatable bonds is 3. The lowest BCUT2D eigenvalue weighted by Crippen LogP contribution is -2.19. The molecule has 0 saturated heterocycles. The number of pyridine rings is 2. The zero-order valence-corrected chi connectivity index (χ0v) is 15.6. The molecule has 4 aromatic rings. The molecule has 0 saturated carbocycles. The van der Waals surface area contributed by atoms with E-state index in [4.69, 9.17) is 10.7 Å². The summed E-state index contributed by atoms with van der Waals surface area (Å²) in [6.07, 6.45) is 1.83. The van der Waals surface area contributed by atoms with E-state index < -0.39 is 0 Å². The normalized spacial score (nSPS) is 12.0. The van der Waals surface area contributed by atoms with Crippen LogP contribution in [-0.2, 0) is 13.0 Å². The molecule has 2 aromatic heterocycles. The van der Waals surface area contributed by atoms with Gasteiger partial charge in [0.15, 0.2) is 0 Å². The second-order valence-electron chi connectivity index (χ2n) is 6.84. The molecule has 27 heavy (non-hydrogen) atoms. The van der Waals surface area contributed by atoms with Gasteiger partial charge in [0, 0.05) is 16.3 Å². The number of aromatic nitrogens is 2. The minimum absolute atomic E-state index is 0. The molecule has 0 spiro atoms. The quantitative estimate of drug-likeness (QED) is 0.519. The van der Waals surface area contributed by atoms with Crippen LogP contribution in [0.1, 0.15) is 17.5 Å². The summed E-state index contributed by atoms with van der Waals surface area (Å²) in [7, 11) is 0. The van der Waals surface area contributed by atoms with Crippen LogP contribution in [0.2, 0.25) is 0 Å². The van der Waals surface area contributed by atoms with Crippen LogP contribution in [-0.4, -0.2) is 16.1 Å². The van der Waals surface area contributed by atoms with E-state index in [1.54, 1.807) is 0 Å². The van der Waals surface area contributed by atoms with E-state index in [-0.39, 0.29) is 18.0 Å². The van der Waals surface area contributed by atoms with Gasteiger partial charge in [0.25, 0.3) is 5.56 Å². The molecule has 0 bridgehead atoms. The zero-order chi connectivity index (χ0) is 17.7. The van der Waals surface area contributed by atoms with E-state index in [0.717, 1.165) is 40.5 Å². The number of nitrogens with zero attached hydrogens (tertiary/aromatic N) is 2. The molecule has 1 aliphatic heterocycles. The monoisotopic (exact) mass is 377 g/mol.